The van der Waals surface area contributed by atoms with Crippen LogP contribution in [-0.4, -0.2) is 74.7 Å². The molecule has 54 heavy (non-hydrogen) atoms. The van der Waals surface area contributed by atoms with Crippen molar-refractivity contribution in [1.82, 2.24) is 0 Å². The van der Waals surface area contributed by atoms with E-state index in [0.717, 1.165) is 25.7 Å². The monoisotopic (exact) mass is 758 g/mol. The Balaban J connectivity index is 1.46. The lowest BCUT2D eigenvalue weighted by Gasteiger charge is -2.14. The third-order valence-corrected chi connectivity index (χ3v) is 8.42. The van der Waals surface area contributed by atoms with Gasteiger partial charge in [0.2, 0.25) is 0 Å². The number of hydrogen-bond acceptors (Lipinski definition) is 12. The second-order valence-corrected chi connectivity index (χ2v) is 12.7. The highest BCUT2D eigenvalue weighted by Gasteiger charge is 2.49. The van der Waals surface area contributed by atoms with Crippen LogP contribution in [0.25, 0.3) is 0 Å². The molecule has 0 spiro atoms. The summed E-state index contributed by atoms with van der Waals surface area (Å²) in [5.41, 5.74) is 0.229. The molecular formula is C40H48F2O12. The minimum Gasteiger partial charge on any atom is -0.464 e. The second kappa shape index (κ2) is 21.5. The van der Waals surface area contributed by atoms with E-state index in [2.05, 4.69) is 11.8 Å². The first-order valence-electron chi connectivity index (χ1n) is 18.5. The van der Waals surface area contributed by atoms with Crippen LogP contribution in [0, 0.1) is 23.5 Å². The van der Waals surface area contributed by atoms with Crippen molar-refractivity contribution in [3.63, 3.8) is 0 Å². The third kappa shape index (κ3) is 11.3. The molecule has 2 heterocycles. The predicted octanol–water partition coefficient (Wildman–Crippen LogP) is 6.30. The van der Waals surface area contributed by atoms with E-state index in [1.165, 1.54) is 12.1 Å². The first-order chi connectivity index (χ1) is 26.1. The first kappa shape index (κ1) is 42.3. The molecule has 2 saturated heterocycles. The third-order valence-electron chi connectivity index (χ3n) is 8.42. The van der Waals surface area contributed by atoms with Crippen molar-refractivity contribution in [1.29, 1.82) is 0 Å². The average molecular weight is 759 g/mol. The molecule has 4 rings (SSSR count). The van der Waals surface area contributed by atoms with Crippen LogP contribution in [0.4, 0.5) is 8.78 Å². The standard InChI is InChI=1S/C40H48F2O12/c1-5-9-21-47-35(43)31-32(36(44)48-22-10-6-2)52-39(51-31)27-17-14-25(15-18-27)13-16-26-19-20-28(30(42)29(26)41)40-53-33(37(45)49-23-11-7-3)34(54-40)38(46)50-24-12-8-4/h14-15,17-20,31-34,39-40H,5-12,21-24H2,1-4H3/t31-,32-,33-,34-/m1/s1. The lowest BCUT2D eigenvalue weighted by atomic mass is 10.1. The van der Waals surface area contributed by atoms with Gasteiger partial charge < -0.3 is 37.9 Å². The van der Waals surface area contributed by atoms with E-state index in [-0.39, 0.29) is 37.6 Å². The number of carbonyl (C=O) groups is 4. The summed E-state index contributed by atoms with van der Waals surface area (Å²) in [6.45, 7) is 8.24. The normalized spacial score (nSPS) is 19.9. The van der Waals surface area contributed by atoms with E-state index in [1.54, 1.807) is 24.3 Å². The molecule has 2 aromatic carbocycles. The smallest absolute Gasteiger partial charge is 0.338 e. The Morgan fingerprint density at radius 2 is 0.926 bits per heavy atom. The van der Waals surface area contributed by atoms with Crippen LogP contribution in [0.3, 0.4) is 0 Å². The highest BCUT2D eigenvalue weighted by atomic mass is 19.2. The topological polar surface area (TPSA) is 142 Å². The summed E-state index contributed by atoms with van der Waals surface area (Å²) in [6.07, 6.45) is -2.81. The van der Waals surface area contributed by atoms with Crippen LogP contribution in [0.5, 0.6) is 0 Å². The van der Waals surface area contributed by atoms with E-state index in [0.29, 0.717) is 36.8 Å². The molecular weight excluding hydrogens is 710 g/mol. The van der Waals surface area contributed by atoms with Gasteiger partial charge in [0.1, 0.15) is 0 Å². The number of carbonyl (C=O) groups excluding carboxylic acids is 4. The Labute approximate surface area is 314 Å². The molecule has 2 fully saturated rings. The number of ether oxygens (including phenoxy) is 8. The molecule has 0 aromatic heterocycles. The maximum Gasteiger partial charge on any atom is 0.338 e. The largest absolute Gasteiger partial charge is 0.464 e. The van der Waals surface area contributed by atoms with E-state index < -0.39 is 72.5 Å². The van der Waals surface area contributed by atoms with Gasteiger partial charge in [0.25, 0.3) is 0 Å². The molecule has 2 aliphatic heterocycles. The number of halogens is 2. The van der Waals surface area contributed by atoms with Gasteiger partial charge in [0, 0.05) is 16.7 Å². The maximum atomic E-state index is 15.4. The predicted molar refractivity (Wildman–Crippen MR) is 187 cm³/mol. The molecule has 294 valence electrons. The van der Waals surface area contributed by atoms with E-state index in [9.17, 15) is 19.2 Å². The highest BCUT2D eigenvalue weighted by molar-refractivity contribution is 5.87. The average Bonchev–Trinajstić information content (AvgIpc) is 3.82. The fourth-order valence-corrected chi connectivity index (χ4v) is 5.21. The number of unbranched alkanes of at least 4 members (excludes halogenated alkanes) is 4. The Hall–Kier alpha value is -4.42. The molecule has 2 aliphatic rings. The number of benzene rings is 2. The van der Waals surface area contributed by atoms with Crippen molar-refractivity contribution in [2.45, 2.75) is 116 Å². The Bertz CT molecular complexity index is 1580. The van der Waals surface area contributed by atoms with Crippen molar-refractivity contribution in [3.05, 3.63) is 70.3 Å². The lowest BCUT2D eigenvalue weighted by molar-refractivity contribution is -0.163. The summed E-state index contributed by atoms with van der Waals surface area (Å²) in [5.74, 6) is -0.466. The minimum atomic E-state index is -1.60. The molecule has 0 unspecified atom stereocenters. The summed E-state index contributed by atoms with van der Waals surface area (Å²) < 4.78 is 74.6. The van der Waals surface area contributed by atoms with Crippen LogP contribution in [0.1, 0.15) is 114 Å². The molecule has 0 N–H and O–H groups in total. The van der Waals surface area contributed by atoms with Crippen LogP contribution in [0.15, 0.2) is 36.4 Å². The molecule has 0 aliphatic carbocycles. The zero-order chi connectivity index (χ0) is 39.0. The number of rotatable bonds is 18. The summed E-state index contributed by atoms with van der Waals surface area (Å²) in [5, 5.41) is 0. The van der Waals surface area contributed by atoms with Crippen LogP contribution in [0.2, 0.25) is 0 Å². The van der Waals surface area contributed by atoms with Crippen molar-refractivity contribution >= 4 is 23.9 Å². The molecule has 0 radical (unpaired) electrons. The van der Waals surface area contributed by atoms with Crippen LogP contribution < -0.4 is 0 Å². The van der Waals surface area contributed by atoms with Gasteiger partial charge in [-0.25, -0.2) is 28.0 Å². The Morgan fingerprint density at radius 1 is 0.537 bits per heavy atom. The molecule has 14 heteroatoms. The maximum absolute atomic E-state index is 15.4. The summed E-state index contributed by atoms with van der Waals surface area (Å²) >= 11 is 0. The van der Waals surface area contributed by atoms with Crippen molar-refractivity contribution in [2.24, 2.45) is 0 Å². The van der Waals surface area contributed by atoms with Crippen LogP contribution >= 0.6 is 0 Å². The number of esters is 4. The molecule has 12 nitrogen and oxygen atoms in total. The molecule has 0 bridgehead atoms. The first-order valence-corrected chi connectivity index (χ1v) is 18.5. The molecule has 0 saturated carbocycles. The van der Waals surface area contributed by atoms with Gasteiger partial charge in [-0.1, -0.05) is 77.4 Å². The Kier molecular flexibility index (Phi) is 16.8. The van der Waals surface area contributed by atoms with Gasteiger partial charge in [0.05, 0.1) is 32.0 Å². The van der Waals surface area contributed by atoms with Crippen molar-refractivity contribution < 1.29 is 65.9 Å². The number of hydrogen-bond donors (Lipinski definition) is 0. The lowest BCUT2D eigenvalue weighted by Crippen LogP contribution is -2.39. The van der Waals surface area contributed by atoms with E-state index >= 15 is 8.78 Å². The summed E-state index contributed by atoms with van der Waals surface area (Å²) in [7, 11) is 0. The Morgan fingerprint density at radius 3 is 1.31 bits per heavy atom. The second-order valence-electron chi connectivity index (χ2n) is 12.7. The molecule has 4 atom stereocenters. The quantitative estimate of drug-likeness (QED) is 0.0729. The van der Waals surface area contributed by atoms with E-state index in [1.807, 2.05) is 27.7 Å². The van der Waals surface area contributed by atoms with Gasteiger partial charge in [-0.05, 0) is 49.9 Å². The van der Waals surface area contributed by atoms with Crippen molar-refractivity contribution in [3.8, 4) is 11.8 Å². The molecule has 0 amide bonds. The van der Waals surface area contributed by atoms with Crippen LogP contribution in [-0.2, 0) is 57.1 Å². The highest BCUT2D eigenvalue weighted by Crippen LogP contribution is 2.36. The van der Waals surface area contributed by atoms with Gasteiger partial charge in [-0.15, -0.1) is 0 Å². The van der Waals surface area contributed by atoms with Gasteiger partial charge >= 0.3 is 23.9 Å². The molecule has 2 aromatic rings. The van der Waals surface area contributed by atoms with Gasteiger partial charge in [-0.3, -0.25) is 0 Å². The van der Waals surface area contributed by atoms with Gasteiger partial charge in [0.15, 0.2) is 48.6 Å². The van der Waals surface area contributed by atoms with Crippen molar-refractivity contribution in [2.75, 3.05) is 26.4 Å². The minimum absolute atomic E-state index is 0.0882. The van der Waals surface area contributed by atoms with Gasteiger partial charge in [-0.2, -0.15) is 0 Å². The summed E-state index contributed by atoms with van der Waals surface area (Å²) in [6, 6.07) is 8.78. The zero-order valence-corrected chi connectivity index (χ0v) is 31.1. The zero-order valence-electron chi connectivity index (χ0n) is 31.1. The fraction of sp³-hybridized carbons (Fsp3) is 0.550. The fourth-order valence-electron chi connectivity index (χ4n) is 5.21. The summed E-state index contributed by atoms with van der Waals surface area (Å²) in [4.78, 5) is 51.1. The SMILES string of the molecule is CCCCOC(=O)[C@@H]1OC(c2ccc(C#Cc3ccc(C4O[C@@H](C(=O)OCCCC)[C@H](C(=O)OCCCC)O4)c(F)c3F)cc2)O[C@H]1C(=O)OCCCC. The van der Waals surface area contributed by atoms with E-state index in [4.69, 9.17) is 37.9 Å².